The highest BCUT2D eigenvalue weighted by Crippen LogP contribution is 2.16. The zero-order valence-electron chi connectivity index (χ0n) is 10.2. The third-order valence-corrected chi connectivity index (χ3v) is 3.49. The van der Waals surface area contributed by atoms with Gasteiger partial charge in [-0.2, -0.15) is 0 Å². The molecule has 0 aromatic heterocycles. The summed E-state index contributed by atoms with van der Waals surface area (Å²) in [5, 5.41) is 6.43. The molecule has 18 heavy (non-hydrogen) atoms. The molecule has 98 valence electrons. The number of benzene rings is 1. The molecule has 0 saturated carbocycles. The first-order valence-corrected chi connectivity index (χ1v) is 6.45. The summed E-state index contributed by atoms with van der Waals surface area (Å²) in [5.74, 6) is -0.971. The molecule has 2 N–H and O–H groups in total. The van der Waals surface area contributed by atoms with Gasteiger partial charge in [-0.05, 0) is 44.5 Å². The molecule has 2 rings (SSSR count). The van der Waals surface area contributed by atoms with Crippen LogP contribution in [0.15, 0.2) is 18.2 Å². The van der Waals surface area contributed by atoms with Crippen LogP contribution >= 0.6 is 11.6 Å². The van der Waals surface area contributed by atoms with E-state index in [1.54, 1.807) is 0 Å². The number of carbonyl (C=O) groups is 1. The van der Waals surface area contributed by atoms with Gasteiger partial charge in [0, 0.05) is 17.1 Å². The maximum absolute atomic E-state index is 13.6. The highest BCUT2D eigenvalue weighted by molar-refractivity contribution is 6.30. The average molecular weight is 271 g/mol. The van der Waals surface area contributed by atoms with Gasteiger partial charge >= 0.3 is 0 Å². The van der Waals surface area contributed by atoms with Gasteiger partial charge < -0.3 is 10.6 Å². The number of halogens is 2. The first kappa shape index (κ1) is 13.3. The van der Waals surface area contributed by atoms with Crippen molar-refractivity contribution in [2.75, 3.05) is 6.54 Å². The second-order valence-corrected chi connectivity index (χ2v) is 5.03. The van der Waals surface area contributed by atoms with Gasteiger partial charge in [0.2, 0.25) is 0 Å². The van der Waals surface area contributed by atoms with Crippen LogP contribution in [-0.2, 0) is 0 Å². The third kappa shape index (κ3) is 3.00. The number of rotatable bonds is 2. The molecule has 2 unspecified atom stereocenters. The van der Waals surface area contributed by atoms with E-state index in [2.05, 4.69) is 10.6 Å². The van der Waals surface area contributed by atoms with E-state index in [9.17, 15) is 9.18 Å². The second-order valence-electron chi connectivity index (χ2n) is 4.59. The molecule has 3 nitrogen and oxygen atoms in total. The van der Waals surface area contributed by atoms with Crippen LogP contribution in [0, 0.1) is 5.82 Å². The van der Waals surface area contributed by atoms with Gasteiger partial charge in [0.05, 0.1) is 5.56 Å². The SMILES string of the molecule is CC1NCCCC1NC(=O)c1ccc(Cl)cc1F. The van der Waals surface area contributed by atoms with Crippen LogP contribution in [0.1, 0.15) is 30.1 Å². The normalized spacial score (nSPS) is 23.7. The van der Waals surface area contributed by atoms with Crippen LogP contribution in [0.5, 0.6) is 0 Å². The van der Waals surface area contributed by atoms with Crippen molar-refractivity contribution in [3.8, 4) is 0 Å². The van der Waals surface area contributed by atoms with Crippen molar-refractivity contribution in [1.82, 2.24) is 10.6 Å². The van der Waals surface area contributed by atoms with E-state index in [1.165, 1.54) is 12.1 Å². The summed E-state index contributed by atoms with van der Waals surface area (Å²) in [6.45, 7) is 2.98. The lowest BCUT2D eigenvalue weighted by molar-refractivity contribution is 0.0916. The molecular weight excluding hydrogens is 255 g/mol. The molecule has 1 aromatic carbocycles. The predicted octanol–water partition coefficient (Wildman–Crippen LogP) is 2.35. The second kappa shape index (κ2) is 5.67. The zero-order valence-corrected chi connectivity index (χ0v) is 10.9. The van der Waals surface area contributed by atoms with Gasteiger partial charge in [-0.25, -0.2) is 4.39 Å². The van der Waals surface area contributed by atoms with E-state index < -0.39 is 5.82 Å². The Balaban J connectivity index is 2.07. The Morgan fingerprint density at radius 1 is 1.56 bits per heavy atom. The summed E-state index contributed by atoms with van der Waals surface area (Å²) in [6.07, 6.45) is 1.92. The molecule has 0 aliphatic carbocycles. The summed E-state index contributed by atoms with van der Waals surface area (Å²) >= 11 is 5.65. The van der Waals surface area contributed by atoms with Crippen LogP contribution in [0.4, 0.5) is 4.39 Å². The minimum atomic E-state index is -0.587. The lowest BCUT2D eigenvalue weighted by atomic mass is 9.99. The maximum Gasteiger partial charge on any atom is 0.254 e. The Hall–Kier alpha value is -1.13. The Kier molecular flexibility index (Phi) is 4.19. The summed E-state index contributed by atoms with van der Waals surface area (Å²) in [5.41, 5.74) is 0.0390. The number of nitrogens with one attached hydrogen (secondary N) is 2. The maximum atomic E-state index is 13.6. The predicted molar refractivity (Wildman–Crippen MR) is 69.4 cm³/mol. The first-order valence-electron chi connectivity index (χ1n) is 6.07. The molecular formula is C13H16ClFN2O. The molecule has 0 bridgehead atoms. The van der Waals surface area contributed by atoms with Gasteiger partial charge in [-0.1, -0.05) is 11.6 Å². The van der Waals surface area contributed by atoms with Crippen molar-refractivity contribution in [2.45, 2.75) is 31.8 Å². The quantitative estimate of drug-likeness (QED) is 0.866. The van der Waals surface area contributed by atoms with E-state index >= 15 is 0 Å². The lowest BCUT2D eigenvalue weighted by Crippen LogP contribution is -2.52. The largest absolute Gasteiger partial charge is 0.348 e. The van der Waals surface area contributed by atoms with Crippen molar-refractivity contribution in [2.24, 2.45) is 0 Å². The molecule has 0 radical (unpaired) electrons. The Labute approximate surface area is 111 Å². The van der Waals surface area contributed by atoms with Gasteiger partial charge in [0.25, 0.3) is 5.91 Å². The summed E-state index contributed by atoms with van der Waals surface area (Å²) in [4.78, 5) is 12.0. The average Bonchev–Trinajstić information content (AvgIpc) is 2.32. The Morgan fingerprint density at radius 2 is 2.33 bits per heavy atom. The number of amides is 1. The Morgan fingerprint density at radius 3 is 3.00 bits per heavy atom. The fraction of sp³-hybridized carbons (Fsp3) is 0.462. The van der Waals surface area contributed by atoms with Crippen molar-refractivity contribution < 1.29 is 9.18 Å². The molecule has 5 heteroatoms. The minimum absolute atomic E-state index is 0.0390. The molecule has 1 aliphatic rings. The Bertz CT molecular complexity index is 453. The molecule has 1 saturated heterocycles. The first-order chi connectivity index (χ1) is 8.58. The van der Waals surface area contributed by atoms with E-state index in [4.69, 9.17) is 11.6 Å². The zero-order chi connectivity index (χ0) is 13.1. The van der Waals surface area contributed by atoms with E-state index in [-0.39, 0.29) is 28.6 Å². The highest BCUT2D eigenvalue weighted by atomic mass is 35.5. The lowest BCUT2D eigenvalue weighted by Gasteiger charge is -2.30. The van der Waals surface area contributed by atoms with E-state index in [1.807, 2.05) is 6.92 Å². The monoisotopic (exact) mass is 270 g/mol. The summed E-state index contributed by atoms with van der Waals surface area (Å²) in [7, 11) is 0. The van der Waals surface area contributed by atoms with Crippen LogP contribution < -0.4 is 10.6 Å². The third-order valence-electron chi connectivity index (χ3n) is 3.25. The van der Waals surface area contributed by atoms with Crippen molar-refractivity contribution in [3.05, 3.63) is 34.6 Å². The molecule has 1 aromatic rings. The number of carbonyl (C=O) groups excluding carboxylic acids is 1. The van der Waals surface area contributed by atoms with Gasteiger partial charge in [-0.15, -0.1) is 0 Å². The number of hydrogen-bond donors (Lipinski definition) is 2. The van der Waals surface area contributed by atoms with E-state index in [0.717, 1.165) is 25.5 Å². The smallest absolute Gasteiger partial charge is 0.254 e. The number of piperidine rings is 1. The highest BCUT2D eigenvalue weighted by Gasteiger charge is 2.23. The topological polar surface area (TPSA) is 41.1 Å². The standard InChI is InChI=1S/C13H16ClFN2O/c1-8-12(3-2-6-16-8)17-13(18)10-5-4-9(14)7-11(10)15/h4-5,7-8,12,16H,2-3,6H2,1H3,(H,17,18). The minimum Gasteiger partial charge on any atom is -0.348 e. The van der Waals surface area contributed by atoms with Gasteiger partial charge in [0.15, 0.2) is 0 Å². The van der Waals surface area contributed by atoms with Gasteiger partial charge in [-0.3, -0.25) is 4.79 Å². The number of hydrogen-bond acceptors (Lipinski definition) is 2. The summed E-state index contributed by atoms with van der Waals surface area (Å²) in [6, 6.07) is 4.33. The fourth-order valence-electron chi connectivity index (χ4n) is 2.16. The van der Waals surface area contributed by atoms with Crippen LogP contribution in [-0.4, -0.2) is 24.5 Å². The molecule has 1 aliphatic heterocycles. The molecule has 2 atom stereocenters. The van der Waals surface area contributed by atoms with Crippen LogP contribution in [0.2, 0.25) is 5.02 Å². The molecule has 0 spiro atoms. The molecule has 1 amide bonds. The molecule has 1 fully saturated rings. The van der Waals surface area contributed by atoms with Gasteiger partial charge in [0.1, 0.15) is 5.82 Å². The molecule has 1 heterocycles. The summed E-state index contributed by atoms with van der Waals surface area (Å²) < 4.78 is 13.6. The van der Waals surface area contributed by atoms with Crippen LogP contribution in [0.25, 0.3) is 0 Å². The van der Waals surface area contributed by atoms with Crippen molar-refractivity contribution >= 4 is 17.5 Å². The van der Waals surface area contributed by atoms with E-state index in [0.29, 0.717) is 0 Å². The van der Waals surface area contributed by atoms with Crippen LogP contribution in [0.3, 0.4) is 0 Å². The fourth-order valence-corrected chi connectivity index (χ4v) is 2.32. The van der Waals surface area contributed by atoms with Crippen molar-refractivity contribution in [1.29, 1.82) is 0 Å². The van der Waals surface area contributed by atoms with Crippen molar-refractivity contribution in [3.63, 3.8) is 0 Å².